The first-order valence-electron chi connectivity index (χ1n) is 10.3. The van der Waals surface area contributed by atoms with Crippen molar-refractivity contribution in [2.45, 2.75) is 20.3 Å². The molecule has 7 heteroatoms. The van der Waals surface area contributed by atoms with Crippen molar-refractivity contribution in [3.63, 3.8) is 0 Å². The summed E-state index contributed by atoms with van der Waals surface area (Å²) >= 11 is 0. The maximum Gasteiger partial charge on any atom is 0.338 e. The Morgan fingerprint density at radius 1 is 0.788 bits per heavy atom. The van der Waals surface area contributed by atoms with E-state index in [2.05, 4.69) is 13.2 Å². The van der Waals surface area contributed by atoms with Crippen LogP contribution in [0.2, 0.25) is 0 Å². The average molecular weight is 453 g/mol. The van der Waals surface area contributed by atoms with Crippen LogP contribution < -0.4 is 4.74 Å². The summed E-state index contributed by atoms with van der Waals surface area (Å²) in [5.41, 5.74) is 3.34. The van der Waals surface area contributed by atoms with Gasteiger partial charge in [-0.25, -0.2) is 14.4 Å². The molecule has 0 amide bonds. The van der Waals surface area contributed by atoms with Gasteiger partial charge >= 0.3 is 17.9 Å². The zero-order valence-electron chi connectivity index (χ0n) is 19.1. The van der Waals surface area contributed by atoms with Crippen LogP contribution in [0.25, 0.3) is 11.1 Å². The molecule has 0 aromatic heterocycles. The Kier molecular flexibility index (Phi) is 9.57. The molecule has 0 unspecified atom stereocenters. The summed E-state index contributed by atoms with van der Waals surface area (Å²) in [6, 6.07) is 12.2. The fourth-order valence-corrected chi connectivity index (χ4v) is 2.72. The Morgan fingerprint density at radius 2 is 1.45 bits per heavy atom. The minimum atomic E-state index is -0.504. The van der Waals surface area contributed by atoms with Gasteiger partial charge in [0.1, 0.15) is 12.4 Å². The summed E-state index contributed by atoms with van der Waals surface area (Å²) in [7, 11) is 1.52. The summed E-state index contributed by atoms with van der Waals surface area (Å²) < 4.78 is 20.6. The molecule has 0 heterocycles. The molecule has 0 spiro atoms. The van der Waals surface area contributed by atoms with Crippen molar-refractivity contribution in [3.05, 3.63) is 77.9 Å². The maximum atomic E-state index is 12.5. The van der Waals surface area contributed by atoms with Gasteiger partial charge in [-0.15, -0.1) is 0 Å². The lowest BCUT2D eigenvalue weighted by molar-refractivity contribution is -0.138. The number of hydrogen-bond acceptors (Lipinski definition) is 7. The summed E-state index contributed by atoms with van der Waals surface area (Å²) in [6.45, 7) is 10.8. The second kappa shape index (κ2) is 12.4. The van der Waals surface area contributed by atoms with Gasteiger partial charge < -0.3 is 18.9 Å². The normalized spacial score (nSPS) is 10.3. The van der Waals surface area contributed by atoms with Crippen LogP contribution >= 0.6 is 0 Å². The van der Waals surface area contributed by atoms with Gasteiger partial charge in [0.15, 0.2) is 0 Å². The number of methoxy groups -OCH3 is 1. The predicted octanol–water partition coefficient (Wildman–Crippen LogP) is 4.30. The highest BCUT2D eigenvalue weighted by atomic mass is 16.6. The van der Waals surface area contributed by atoms with Crippen LogP contribution in [0.3, 0.4) is 0 Å². The van der Waals surface area contributed by atoms with Gasteiger partial charge in [-0.2, -0.15) is 0 Å². The molecule has 0 saturated heterocycles. The van der Waals surface area contributed by atoms with E-state index in [-0.39, 0.29) is 13.2 Å². The summed E-state index contributed by atoms with van der Waals surface area (Å²) in [4.78, 5) is 35.9. The number of carbonyl (C=O) groups excluding carboxylic acids is 3. The highest BCUT2D eigenvalue weighted by Gasteiger charge is 2.13. The Bertz CT molecular complexity index is 1040. The molecule has 0 aliphatic carbocycles. The molecule has 33 heavy (non-hydrogen) atoms. The molecule has 0 aliphatic rings. The molecule has 0 saturated carbocycles. The van der Waals surface area contributed by atoms with E-state index in [0.29, 0.717) is 35.5 Å². The number of ether oxygens (including phenoxy) is 4. The van der Waals surface area contributed by atoms with E-state index in [1.807, 2.05) is 6.07 Å². The van der Waals surface area contributed by atoms with Crippen LogP contribution in [-0.4, -0.2) is 44.8 Å². The number of benzene rings is 2. The molecule has 0 bridgehead atoms. The third-order valence-electron chi connectivity index (χ3n) is 4.47. The smallest absolute Gasteiger partial charge is 0.338 e. The van der Waals surface area contributed by atoms with E-state index in [1.54, 1.807) is 50.2 Å². The lowest BCUT2D eigenvalue weighted by Crippen LogP contribution is -2.11. The quantitative estimate of drug-likeness (QED) is 0.217. The van der Waals surface area contributed by atoms with Crippen LogP contribution in [-0.2, 0) is 30.2 Å². The van der Waals surface area contributed by atoms with Gasteiger partial charge in [0.25, 0.3) is 0 Å². The molecule has 2 rings (SSSR count). The van der Waals surface area contributed by atoms with Gasteiger partial charge in [0, 0.05) is 24.7 Å². The predicted molar refractivity (Wildman–Crippen MR) is 124 cm³/mol. The lowest BCUT2D eigenvalue weighted by Gasteiger charge is -2.12. The molecule has 0 atom stereocenters. The maximum absolute atomic E-state index is 12.5. The molecule has 174 valence electrons. The fraction of sp³-hybridized carbons (Fsp3) is 0.269. The molecule has 2 aromatic carbocycles. The molecule has 0 aliphatic heterocycles. The third-order valence-corrected chi connectivity index (χ3v) is 4.47. The molecular weight excluding hydrogens is 424 g/mol. The Morgan fingerprint density at radius 3 is 2.06 bits per heavy atom. The highest BCUT2D eigenvalue weighted by molar-refractivity contribution is 5.92. The second-order valence-corrected chi connectivity index (χ2v) is 7.41. The number of esters is 3. The van der Waals surface area contributed by atoms with E-state index in [1.165, 1.54) is 7.11 Å². The Labute approximate surface area is 193 Å². The lowest BCUT2D eigenvalue weighted by atomic mass is 9.98. The topological polar surface area (TPSA) is 88.1 Å². The molecular formula is C26H28O7. The van der Waals surface area contributed by atoms with Gasteiger partial charge in [0.05, 0.1) is 18.8 Å². The zero-order valence-corrected chi connectivity index (χ0v) is 19.1. The van der Waals surface area contributed by atoms with Crippen LogP contribution in [0, 0.1) is 0 Å². The molecule has 0 N–H and O–H groups in total. The van der Waals surface area contributed by atoms with E-state index < -0.39 is 17.9 Å². The first-order chi connectivity index (χ1) is 15.7. The first-order valence-corrected chi connectivity index (χ1v) is 10.3. The van der Waals surface area contributed by atoms with Crippen molar-refractivity contribution < 1.29 is 33.3 Å². The van der Waals surface area contributed by atoms with Gasteiger partial charge in [-0.3, -0.25) is 0 Å². The van der Waals surface area contributed by atoms with Crippen molar-refractivity contribution in [2.75, 3.05) is 26.9 Å². The van der Waals surface area contributed by atoms with E-state index in [0.717, 1.165) is 16.7 Å². The van der Waals surface area contributed by atoms with Crippen molar-refractivity contribution in [3.8, 4) is 16.9 Å². The average Bonchev–Trinajstić information content (AvgIpc) is 2.79. The SMILES string of the molecule is C=C(C)C(=O)OCCc1cc(C(=O)OCCOC)cc(-c2ccc(OC(=O)C(=C)C)cc2)c1. The standard InChI is InChI=1S/C26H28O7/c1-17(2)24(27)31-11-10-19-14-21(16-22(15-19)26(29)32-13-12-30-5)20-6-8-23(9-7-20)33-25(28)18(3)4/h6-9,14-16H,1,3,10-13H2,2,4-5H3. The summed E-state index contributed by atoms with van der Waals surface area (Å²) in [6.07, 6.45) is 0.402. The van der Waals surface area contributed by atoms with Crippen molar-refractivity contribution in [1.29, 1.82) is 0 Å². The minimum Gasteiger partial charge on any atom is -0.462 e. The Balaban J connectivity index is 2.27. The minimum absolute atomic E-state index is 0.133. The monoisotopic (exact) mass is 452 g/mol. The zero-order chi connectivity index (χ0) is 24.4. The number of rotatable bonds is 11. The van der Waals surface area contributed by atoms with E-state index in [9.17, 15) is 14.4 Å². The summed E-state index contributed by atoms with van der Waals surface area (Å²) in [5, 5.41) is 0. The van der Waals surface area contributed by atoms with Gasteiger partial charge in [0.2, 0.25) is 0 Å². The van der Waals surface area contributed by atoms with Gasteiger partial charge in [-0.1, -0.05) is 31.4 Å². The molecule has 7 nitrogen and oxygen atoms in total. The van der Waals surface area contributed by atoms with Crippen molar-refractivity contribution in [1.82, 2.24) is 0 Å². The molecule has 2 aromatic rings. The third kappa shape index (κ3) is 8.05. The molecule has 0 radical (unpaired) electrons. The van der Waals surface area contributed by atoms with Gasteiger partial charge in [-0.05, 0) is 54.8 Å². The summed E-state index contributed by atoms with van der Waals surface area (Å²) in [5.74, 6) is -1.07. The largest absolute Gasteiger partial charge is 0.462 e. The fourth-order valence-electron chi connectivity index (χ4n) is 2.72. The van der Waals surface area contributed by atoms with Crippen LogP contribution in [0.15, 0.2) is 66.8 Å². The van der Waals surface area contributed by atoms with E-state index >= 15 is 0 Å². The second-order valence-electron chi connectivity index (χ2n) is 7.41. The van der Waals surface area contributed by atoms with Crippen molar-refractivity contribution in [2.24, 2.45) is 0 Å². The highest BCUT2D eigenvalue weighted by Crippen LogP contribution is 2.26. The molecule has 0 fully saturated rings. The number of carbonyl (C=O) groups is 3. The first kappa shape index (κ1) is 25.5. The van der Waals surface area contributed by atoms with Crippen molar-refractivity contribution >= 4 is 17.9 Å². The van der Waals surface area contributed by atoms with Crippen LogP contribution in [0.1, 0.15) is 29.8 Å². The van der Waals surface area contributed by atoms with Crippen LogP contribution in [0.5, 0.6) is 5.75 Å². The van der Waals surface area contributed by atoms with E-state index in [4.69, 9.17) is 18.9 Å². The van der Waals surface area contributed by atoms with Crippen LogP contribution in [0.4, 0.5) is 0 Å². The Hall–Kier alpha value is -3.71. The number of hydrogen-bond donors (Lipinski definition) is 0.